The highest BCUT2D eigenvalue weighted by atomic mass is 35.5. The van der Waals surface area contributed by atoms with Crippen molar-refractivity contribution in [2.45, 2.75) is 0 Å². The molecule has 0 unspecified atom stereocenters. The Labute approximate surface area is 152 Å². The number of nitrogens with zero attached hydrogens (tertiary/aromatic N) is 4. The molecule has 25 heavy (non-hydrogen) atoms. The van der Waals surface area contributed by atoms with Crippen LogP contribution in [0.5, 0.6) is 0 Å². The summed E-state index contributed by atoms with van der Waals surface area (Å²) in [7, 11) is 1.79. The number of rotatable bonds is 4. The van der Waals surface area contributed by atoms with Crippen LogP contribution in [0.1, 0.15) is 0 Å². The maximum Gasteiger partial charge on any atom is 0.231 e. The molecule has 10 heteroatoms. The Hall–Kier alpha value is -2.84. The van der Waals surface area contributed by atoms with Crippen molar-refractivity contribution in [1.82, 2.24) is 29.9 Å². The molecule has 1 aromatic carbocycles. The summed E-state index contributed by atoms with van der Waals surface area (Å²) >= 11 is 11.8. The number of H-pyrrole nitrogens is 2. The highest BCUT2D eigenvalue weighted by Crippen LogP contribution is 2.27. The van der Waals surface area contributed by atoms with Crippen LogP contribution in [-0.4, -0.2) is 37.0 Å². The molecule has 0 saturated heterocycles. The lowest BCUT2D eigenvalue weighted by atomic mass is 10.2. The van der Waals surface area contributed by atoms with Gasteiger partial charge in [-0.2, -0.15) is 9.97 Å². The monoisotopic (exact) mass is 374 g/mol. The molecule has 0 atom stereocenters. The SMILES string of the molecule is CNc1nc(Nc2cccc(-c3nc(Cl)c(Cl)[nH]3)c2)nc2nc[nH]c12. The minimum absolute atomic E-state index is 0.237. The van der Waals surface area contributed by atoms with Crippen LogP contribution in [0.15, 0.2) is 30.6 Å². The van der Waals surface area contributed by atoms with Gasteiger partial charge < -0.3 is 20.6 Å². The molecule has 4 aromatic rings. The molecule has 4 rings (SSSR count). The molecule has 3 heterocycles. The smallest absolute Gasteiger partial charge is 0.231 e. The van der Waals surface area contributed by atoms with E-state index in [-0.39, 0.29) is 5.15 Å². The van der Waals surface area contributed by atoms with Gasteiger partial charge in [0, 0.05) is 18.3 Å². The zero-order valence-electron chi connectivity index (χ0n) is 12.9. The molecule has 3 aromatic heterocycles. The van der Waals surface area contributed by atoms with E-state index in [1.54, 1.807) is 13.4 Å². The first-order chi connectivity index (χ1) is 12.1. The van der Waals surface area contributed by atoms with Gasteiger partial charge in [0.25, 0.3) is 0 Å². The lowest BCUT2D eigenvalue weighted by molar-refractivity contribution is 1.18. The molecule has 0 aliphatic heterocycles. The van der Waals surface area contributed by atoms with Crippen LogP contribution in [0, 0.1) is 0 Å². The van der Waals surface area contributed by atoms with Gasteiger partial charge in [0.2, 0.25) is 5.95 Å². The van der Waals surface area contributed by atoms with Crippen LogP contribution in [0.4, 0.5) is 17.5 Å². The first-order valence-corrected chi connectivity index (χ1v) is 8.07. The summed E-state index contributed by atoms with van der Waals surface area (Å²) in [4.78, 5) is 23.1. The van der Waals surface area contributed by atoms with Crippen LogP contribution in [0.25, 0.3) is 22.6 Å². The van der Waals surface area contributed by atoms with E-state index in [1.165, 1.54) is 0 Å². The summed E-state index contributed by atoms with van der Waals surface area (Å²) in [5, 5.41) is 6.73. The Morgan fingerprint density at radius 1 is 1.12 bits per heavy atom. The first-order valence-electron chi connectivity index (χ1n) is 7.31. The summed E-state index contributed by atoms with van der Waals surface area (Å²) in [6.07, 6.45) is 1.58. The molecule has 0 aliphatic carbocycles. The van der Waals surface area contributed by atoms with Crippen molar-refractivity contribution in [1.29, 1.82) is 0 Å². The van der Waals surface area contributed by atoms with Crippen molar-refractivity contribution in [3.05, 3.63) is 40.9 Å². The van der Waals surface area contributed by atoms with E-state index in [9.17, 15) is 0 Å². The molecular weight excluding hydrogens is 363 g/mol. The molecule has 0 amide bonds. The van der Waals surface area contributed by atoms with E-state index < -0.39 is 0 Å². The van der Waals surface area contributed by atoms with E-state index in [4.69, 9.17) is 23.2 Å². The number of aromatic amines is 2. The molecule has 0 spiro atoms. The third-order valence-corrected chi connectivity index (χ3v) is 4.18. The van der Waals surface area contributed by atoms with E-state index in [0.29, 0.717) is 28.4 Å². The number of halogens is 2. The number of anilines is 3. The topological polar surface area (TPSA) is 107 Å². The van der Waals surface area contributed by atoms with Gasteiger partial charge >= 0.3 is 0 Å². The lowest BCUT2D eigenvalue weighted by Gasteiger charge is -2.08. The lowest BCUT2D eigenvalue weighted by Crippen LogP contribution is -2.02. The zero-order valence-corrected chi connectivity index (χ0v) is 14.4. The van der Waals surface area contributed by atoms with Crippen molar-refractivity contribution >= 4 is 51.8 Å². The Kier molecular flexibility index (Phi) is 3.90. The van der Waals surface area contributed by atoms with Gasteiger partial charge in [-0.15, -0.1) is 0 Å². The summed E-state index contributed by atoms with van der Waals surface area (Å²) in [5.41, 5.74) is 2.94. The van der Waals surface area contributed by atoms with Crippen molar-refractivity contribution in [3.63, 3.8) is 0 Å². The summed E-state index contributed by atoms with van der Waals surface area (Å²) in [5.74, 6) is 1.67. The fraction of sp³-hybridized carbons (Fsp3) is 0.0667. The van der Waals surface area contributed by atoms with Gasteiger partial charge in [-0.05, 0) is 12.1 Å². The minimum atomic E-state index is 0.237. The first kappa shape index (κ1) is 15.7. The zero-order chi connectivity index (χ0) is 17.4. The van der Waals surface area contributed by atoms with Gasteiger partial charge in [-0.1, -0.05) is 35.3 Å². The normalized spacial score (nSPS) is 11.0. The molecular formula is C15H12Cl2N8. The maximum atomic E-state index is 5.92. The number of nitrogens with one attached hydrogen (secondary N) is 4. The minimum Gasteiger partial charge on any atom is -0.371 e. The number of hydrogen-bond donors (Lipinski definition) is 4. The number of hydrogen-bond acceptors (Lipinski definition) is 6. The molecule has 0 aliphatic rings. The third-order valence-electron chi connectivity index (χ3n) is 3.53. The molecule has 0 bridgehead atoms. The van der Waals surface area contributed by atoms with Crippen molar-refractivity contribution in [2.24, 2.45) is 0 Å². The highest BCUT2D eigenvalue weighted by molar-refractivity contribution is 6.40. The van der Waals surface area contributed by atoms with E-state index in [2.05, 4.69) is 40.5 Å². The average Bonchev–Trinajstić information content (AvgIpc) is 3.21. The molecule has 0 saturated carbocycles. The fourth-order valence-corrected chi connectivity index (χ4v) is 2.67. The summed E-state index contributed by atoms with van der Waals surface area (Å²) in [6.45, 7) is 0. The van der Waals surface area contributed by atoms with Gasteiger partial charge in [-0.3, -0.25) is 0 Å². The van der Waals surface area contributed by atoms with Crippen LogP contribution in [0.2, 0.25) is 10.3 Å². The van der Waals surface area contributed by atoms with Crippen LogP contribution >= 0.6 is 23.2 Å². The van der Waals surface area contributed by atoms with Gasteiger partial charge in [-0.25, -0.2) is 9.97 Å². The Bertz CT molecular complexity index is 1040. The third kappa shape index (κ3) is 2.97. The van der Waals surface area contributed by atoms with Crippen LogP contribution in [-0.2, 0) is 0 Å². The van der Waals surface area contributed by atoms with Crippen molar-refractivity contribution in [2.75, 3.05) is 17.7 Å². The number of imidazole rings is 2. The molecule has 0 radical (unpaired) electrons. The van der Waals surface area contributed by atoms with Crippen LogP contribution < -0.4 is 10.6 Å². The predicted octanol–water partition coefficient (Wildman–Crippen LogP) is 3.84. The highest BCUT2D eigenvalue weighted by Gasteiger charge is 2.11. The molecule has 4 N–H and O–H groups in total. The maximum absolute atomic E-state index is 5.92. The molecule has 0 fully saturated rings. The second kappa shape index (κ2) is 6.23. The van der Waals surface area contributed by atoms with Gasteiger partial charge in [0.15, 0.2) is 16.6 Å². The Balaban J connectivity index is 1.68. The van der Waals surface area contributed by atoms with E-state index in [0.717, 1.165) is 16.8 Å². The van der Waals surface area contributed by atoms with E-state index in [1.807, 2.05) is 24.3 Å². The molecule has 8 nitrogen and oxygen atoms in total. The average molecular weight is 375 g/mol. The Morgan fingerprint density at radius 3 is 2.76 bits per heavy atom. The van der Waals surface area contributed by atoms with Crippen LogP contribution in [0.3, 0.4) is 0 Å². The van der Waals surface area contributed by atoms with Crippen molar-refractivity contribution < 1.29 is 0 Å². The standard InChI is InChI=1S/C15H12Cl2N8/c1-18-13-9-14(20-6-19-9)25-15(24-13)21-8-4-2-3-7(5-8)12-22-10(16)11(17)23-12/h2-6H,1H3,(H,22,23)(H3,18,19,20,21,24,25). The van der Waals surface area contributed by atoms with E-state index >= 15 is 0 Å². The van der Waals surface area contributed by atoms with Gasteiger partial charge in [0.1, 0.15) is 16.5 Å². The Morgan fingerprint density at radius 2 is 2.00 bits per heavy atom. The summed E-state index contributed by atoms with van der Waals surface area (Å²) < 4.78 is 0. The summed E-state index contributed by atoms with van der Waals surface area (Å²) in [6, 6.07) is 7.57. The fourth-order valence-electron chi connectivity index (χ4n) is 2.41. The largest absolute Gasteiger partial charge is 0.371 e. The number of aromatic nitrogens is 6. The second-order valence-electron chi connectivity index (χ2n) is 5.14. The number of benzene rings is 1. The second-order valence-corrected chi connectivity index (χ2v) is 5.88. The van der Waals surface area contributed by atoms with Gasteiger partial charge in [0.05, 0.1) is 6.33 Å². The molecule has 126 valence electrons. The quantitative estimate of drug-likeness (QED) is 0.432. The number of fused-ring (bicyclic) bond motifs is 1. The van der Waals surface area contributed by atoms with Crippen molar-refractivity contribution in [3.8, 4) is 11.4 Å². The predicted molar refractivity (Wildman–Crippen MR) is 98.6 cm³/mol.